The van der Waals surface area contributed by atoms with Gasteiger partial charge in [-0.05, 0) is 47.5 Å². The lowest BCUT2D eigenvalue weighted by atomic mass is 10.1. The van der Waals surface area contributed by atoms with Crippen molar-refractivity contribution in [2.45, 2.75) is 0 Å². The van der Waals surface area contributed by atoms with E-state index in [0.29, 0.717) is 34.2 Å². The summed E-state index contributed by atoms with van der Waals surface area (Å²) in [4.78, 5) is 16.5. The Morgan fingerprint density at radius 1 is 0.839 bits per heavy atom. The largest absolute Gasteiger partial charge is 0.495 e. The van der Waals surface area contributed by atoms with Gasteiger partial charge in [0.25, 0.3) is 5.91 Å². The number of aromatic nitrogens is 1. The summed E-state index contributed by atoms with van der Waals surface area (Å²) in [5.41, 5.74) is 2.76. The Labute approximate surface area is 181 Å². The number of nitrogens with zero attached hydrogens (tertiary/aromatic N) is 1. The second-order valence-corrected chi connectivity index (χ2v) is 6.45. The molecule has 0 saturated heterocycles. The van der Waals surface area contributed by atoms with Gasteiger partial charge in [0.1, 0.15) is 5.75 Å². The number of nitrogens with one attached hydrogen (secondary N) is 1. The number of anilines is 1. The zero-order valence-corrected chi connectivity index (χ0v) is 17.8. The van der Waals surface area contributed by atoms with Crippen LogP contribution in [0.15, 0.2) is 54.9 Å². The van der Waals surface area contributed by atoms with Crippen LogP contribution in [0.5, 0.6) is 23.0 Å². The molecule has 7 nitrogen and oxygen atoms in total. The van der Waals surface area contributed by atoms with Crippen LogP contribution >= 0.6 is 0 Å². The summed E-state index contributed by atoms with van der Waals surface area (Å²) in [7, 11) is 6.27. The van der Waals surface area contributed by atoms with Crippen molar-refractivity contribution < 1.29 is 23.7 Å². The van der Waals surface area contributed by atoms with Crippen LogP contribution in [0.25, 0.3) is 12.2 Å². The molecule has 2 aromatic carbocycles. The average Bonchev–Trinajstić information content (AvgIpc) is 2.82. The quantitative estimate of drug-likeness (QED) is 0.539. The van der Waals surface area contributed by atoms with Gasteiger partial charge in [0.2, 0.25) is 5.75 Å². The van der Waals surface area contributed by atoms with Gasteiger partial charge in [0, 0.05) is 12.4 Å². The van der Waals surface area contributed by atoms with E-state index in [1.54, 1.807) is 52.8 Å². The summed E-state index contributed by atoms with van der Waals surface area (Å²) in [6.45, 7) is 0. The Kier molecular flexibility index (Phi) is 7.11. The molecule has 0 radical (unpaired) electrons. The smallest absolute Gasteiger partial charge is 0.257 e. The molecule has 0 fully saturated rings. The van der Waals surface area contributed by atoms with E-state index in [0.717, 1.165) is 11.1 Å². The van der Waals surface area contributed by atoms with Crippen LogP contribution in [0.4, 0.5) is 5.69 Å². The molecule has 0 bridgehead atoms. The van der Waals surface area contributed by atoms with E-state index in [1.807, 2.05) is 36.4 Å². The van der Waals surface area contributed by atoms with Crippen molar-refractivity contribution in [1.29, 1.82) is 0 Å². The molecule has 0 spiro atoms. The molecular weight excluding hydrogens is 396 g/mol. The molecule has 3 rings (SSSR count). The third-order valence-electron chi connectivity index (χ3n) is 4.55. The lowest BCUT2D eigenvalue weighted by molar-refractivity contribution is 0.102. The summed E-state index contributed by atoms with van der Waals surface area (Å²) in [5.74, 6) is 1.97. The van der Waals surface area contributed by atoms with E-state index < -0.39 is 0 Å². The number of ether oxygens (including phenoxy) is 4. The number of benzene rings is 2. The van der Waals surface area contributed by atoms with Crippen LogP contribution < -0.4 is 24.3 Å². The van der Waals surface area contributed by atoms with Gasteiger partial charge in [-0.3, -0.25) is 9.78 Å². The Morgan fingerprint density at radius 3 is 2.10 bits per heavy atom. The van der Waals surface area contributed by atoms with E-state index in [-0.39, 0.29) is 5.91 Å². The van der Waals surface area contributed by atoms with Crippen molar-refractivity contribution in [3.05, 3.63) is 71.5 Å². The molecule has 31 heavy (non-hydrogen) atoms. The number of methoxy groups -OCH3 is 4. The van der Waals surface area contributed by atoms with Gasteiger partial charge >= 0.3 is 0 Å². The lowest BCUT2D eigenvalue weighted by Gasteiger charge is -2.13. The minimum absolute atomic E-state index is 0.267. The fourth-order valence-electron chi connectivity index (χ4n) is 3.01. The molecule has 0 unspecified atom stereocenters. The predicted molar refractivity (Wildman–Crippen MR) is 120 cm³/mol. The van der Waals surface area contributed by atoms with Crippen molar-refractivity contribution >= 4 is 23.7 Å². The van der Waals surface area contributed by atoms with Crippen molar-refractivity contribution in [1.82, 2.24) is 4.98 Å². The highest BCUT2D eigenvalue weighted by Gasteiger charge is 2.13. The molecule has 0 atom stereocenters. The maximum Gasteiger partial charge on any atom is 0.257 e. The number of hydrogen-bond acceptors (Lipinski definition) is 6. The predicted octanol–water partition coefficient (Wildman–Crippen LogP) is 4.54. The van der Waals surface area contributed by atoms with Crippen molar-refractivity contribution in [3.63, 3.8) is 0 Å². The molecule has 1 N–H and O–H groups in total. The minimum atomic E-state index is -0.267. The van der Waals surface area contributed by atoms with Gasteiger partial charge in [-0.25, -0.2) is 0 Å². The molecule has 3 aromatic rings. The Hall–Kier alpha value is -4.00. The molecule has 1 aromatic heterocycles. The van der Waals surface area contributed by atoms with Crippen LogP contribution in [-0.4, -0.2) is 39.3 Å². The van der Waals surface area contributed by atoms with Gasteiger partial charge in [-0.2, -0.15) is 0 Å². The van der Waals surface area contributed by atoms with Crippen LogP contribution in [0.1, 0.15) is 21.5 Å². The zero-order chi connectivity index (χ0) is 22.2. The van der Waals surface area contributed by atoms with Crippen LogP contribution in [-0.2, 0) is 0 Å². The maximum atomic E-state index is 12.5. The Bertz CT molecular complexity index is 1060. The number of rotatable bonds is 8. The first-order valence-electron chi connectivity index (χ1n) is 9.47. The Balaban J connectivity index is 1.88. The van der Waals surface area contributed by atoms with E-state index in [4.69, 9.17) is 18.9 Å². The molecule has 1 heterocycles. The molecule has 7 heteroatoms. The normalized spacial score (nSPS) is 10.6. The van der Waals surface area contributed by atoms with Crippen LogP contribution in [0.3, 0.4) is 0 Å². The molecule has 1 amide bonds. The van der Waals surface area contributed by atoms with Gasteiger partial charge in [-0.15, -0.1) is 0 Å². The summed E-state index contributed by atoms with van der Waals surface area (Å²) in [6.07, 6.45) is 6.96. The maximum absolute atomic E-state index is 12.5. The number of hydrogen-bond donors (Lipinski definition) is 1. The Morgan fingerprint density at radius 2 is 1.52 bits per heavy atom. The first-order chi connectivity index (χ1) is 15.1. The fourth-order valence-corrected chi connectivity index (χ4v) is 3.01. The first-order valence-corrected chi connectivity index (χ1v) is 9.47. The monoisotopic (exact) mass is 420 g/mol. The highest BCUT2D eigenvalue weighted by Crippen LogP contribution is 2.38. The number of pyridine rings is 1. The molecule has 0 aliphatic heterocycles. The second-order valence-electron chi connectivity index (χ2n) is 6.45. The number of carbonyl (C=O) groups excluding carboxylic acids is 1. The minimum Gasteiger partial charge on any atom is -0.495 e. The standard InChI is InChI=1S/C24H24N2O5/c1-28-20-10-9-16(12-19(20)26-24(27)18-6-5-11-25-15-18)7-8-17-13-21(29-2)23(31-4)22(14-17)30-3/h5-15H,1-4H3,(H,26,27). The molecule has 0 aliphatic rings. The second kappa shape index (κ2) is 10.2. The van der Waals surface area contributed by atoms with E-state index in [9.17, 15) is 4.79 Å². The zero-order valence-electron chi connectivity index (χ0n) is 17.8. The third kappa shape index (κ3) is 5.14. The number of amides is 1. The van der Waals surface area contributed by atoms with Crippen LogP contribution in [0.2, 0.25) is 0 Å². The third-order valence-corrected chi connectivity index (χ3v) is 4.55. The molecular formula is C24H24N2O5. The lowest BCUT2D eigenvalue weighted by Crippen LogP contribution is -2.12. The average molecular weight is 420 g/mol. The first kappa shape index (κ1) is 21.7. The number of carbonyl (C=O) groups is 1. The topological polar surface area (TPSA) is 78.9 Å². The molecule has 0 saturated carbocycles. The molecule has 0 aliphatic carbocycles. The molecule has 160 valence electrons. The van der Waals surface area contributed by atoms with E-state index in [1.165, 1.54) is 6.20 Å². The van der Waals surface area contributed by atoms with Gasteiger partial charge in [-0.1, -0.05) is 18.2 Å². The highest BCUT2D eigenvalue weighted by molar-refractivity contribution is 6.05. The van der Waals surface area contributed by atoms with E-state index >= 15 is 0 Å². The van der Waals surface area contributed by atoms with Crippen molar-refractivity contribution in [2.75, 3.05) is 33.8 Å². The summed E-state index contributed by atoms with van der Waals surface area (Å²) < 4.78 is 21.5. The van der Waals surface area contributed by atoms with E-state index in [2.05, 4.69) is 10.3 Å². The van der Waals surface area contributed by atoms with Crippen molar-refractivity contribution in [2.24, 2.45) is 0 Å². The van der Waals surface area contributed by atoms with Crippen LogP contribution in [0, 0.1) is 0 Å². The summed E-state index contributed by atoms with van der Waals surface area (Å²) in [6, 6.07) is 12.6. The van der Waals surface area contributed by atoms with Gasteiger partial charge in [0.05, 0.1) is 39.7 Å². The van der Waals surface area contributed by atoms with Gasteiger partial charge < -0.3 is 24.3 Å². The summed E-state index contributed by atoms with van der Waals surface area (Å²) >= 11 is 0. The SMILES string of the molecule is COc1ccc(C=Cc2cc(OC)c(OC)c(OC)c2)cc1NC(=O)c1cccnc1. The summed E-state index contributed by atoms with van der Waals surface area (Å²) in [5, 5.41) is 2.87. The van der Waals surface area contributed by atoms with Crippen molar-refractivity contribution in [3.8, 4) is 23.0 Å². The fraction of sp³-hybridized carbons (Fsp3) is 0.167. The highest BCUT2D eigenvalue weighted by atomic mass is 16.5. The van der Waals surface area contributed by atoms with Gasteiger partial charge in [0.15, 0.2) is 11.5 Å².